The highest BCUT2D eigenvalue weighted by Gasteiger charge is 2.23. The maximum Gasteiger partial charge on any atom is 0.321 e. The van der Waals surface area contributed by atoms with Crippen molar-refractivity contribution >= 4 is 29.2 Å². The molecule has 3 amide bonds. The number of benzene rings is 2. The van der Waals surface area contributed by atoms with Crippen LogP contribution in [0.5, 0.6) is 0 Å². The summed E-state index contributed by atoms with van der Waals surface area (Å²) in [6.07, 6.45) is 1.86. The first kappa shape index (κ1) is 18.3. The average molecular weight is 372 g/mol. The molecule has 0 aliphatic carbocycles. The predicted octanol–water partition coefficient (Wildman–Crippen LogP) is 3.70. The molecule has 3 rings (SSSR count). The zero-order valence-electron chi connectivity index (χ0n) is 14.5. The van der Waals surface area contributed by atoms with Gasteiger partial charge in [-0.25, -0.2) is 4.79 Å². The van der Waals surface area contributed by atoms with E-state index in [9.17, 15) is 9.59 Å². The summed E-state index contributed by atoms with van der Waals surface area (Å²) in [6.45, 7) is 1.26. The molecule has 0 saturated carbocycles. The summed E-state index contributed by atoms with van der Waals surface area (Å²) in [5, 5.41) is 6.62. The van der Waals surface area contributed by atoms with Crippen LogP contribution in [0, 0.1) is 0 Å². The molecule has 5 nitrogen and oxygen atoms in total. The van der Waals surface area contributed by atoms with Crippen LogP contribution in [0.15, 0.2) is 54.6 Å². The van der Waals surface area contributed by atoms with E-state index in [4.69, 9.17) is 11.6 Å². The molecule has 136 valence electrons. The van der Waals surface area contributed by atoms with Crippen molar-refractivity contribution in [1.29, 1.82) is 0 Å². The third-order valence-corrected chi connectivity index (χ3v) is 4.70. The maximum absolute atomic E-state index is 12.3. The quantitative estimate of drug-likeness (QED) is 0.860. The molecule has 0 spiro atoms. The number of rotatable bonds is 4. The molecule has 0 unspecified atom stereocenters. The molecule has 0 radical (unpaired) electrons. The zero-order valence-corrected chi connectivity index (χ0v) is 15.2. The highest BCUT2D eigenvalue weighted by Crippen LogP contribution is 2.14. The Balaban J connectivity index is 1.42. The summed E-state index contributed by atoms with van der Waals surface area (Å²) in [5.41, 5.74) is 1.72. The number of carbonyl (C=O) groups is 2. The van der Waals surface area contributed by atoms with Gasteiger partial charge in [-0.2, -0.15) is 0 Å². The standard InChI is InChI=1S/C20H22ClN3O2/c21-16-8-6-15(7-9-16)14-19(25)22-18-10-12-24(13-11-18)20(26)23-17-4-2-1-3-5-17/h1-9,18H,10-14H2,(H,22,25)(H,23,26). The van der Waals surface area contributed by atoms with E-state index >= 15 is 0 Å². The van der Waals surface area contributed by atoms with E-state index in [-0.39, 0.29) is 18.0 Å². The molecule has 1 aliphatic heterocycles. The molecule has 0 aromatic heterocycles. The van der Waals surface area contributed by atoms with Gasteiger partial charge in [-0.1, -0.05) is 41.9 Å². The van der Waals surface area contributed by atoms with E-state index in [1.807, 2.05) is 42.5 Å². The van der Waals surface area contributed by atoms with Gasteiger partial charge in [0.1, 0.15) is 0 Å². The van der Waals surface area contributed by atoms with E-state index < -0.39 is 0 Å². The van der Waals surface area contributed by atoms with Crippen LogP contribution in [0.4, 0.5) is 10.5 Å². The highest BCUT2D eigenvalue weighted by atomic mass is 35.5. The van der Waals surface area contributed by atoms with E-state index in [1.54, 1.807) is 17.0 Å². The Morgan fingerprint density at radius 1 is 1.00 bits per heavy atom. The Morgan fingerprint density at radius 2 is 1.65 bits per heavy atom. The smallest absolute Gasteiger partial charge is 0.321 e. The molecule has 1 heterocycles. The highest BCUT2D eigenvalue weighted by molar-refractivity contribution is 6.30. The van der Waals surface area contributed by atoms with Crippen molar-refractivity contribution in [1.82, 2.24) is 10.2 Å². The van der Waals surface area contributed by atoms with Crippen LogP contribution in [0.1, 0.15) is 18.4 Å². The monoisotopic (exact) mass is 371 g/mol. The van der Waals surface area contributed by atoms with Gasteiger partial charge in [0.15, 0.2) is 0 Å². The third kappa shape index (κ3) is 5.23. The number of amides is 3. The number of urea groups is 1. The first-order chi connectivity index (χ1) is 12.6. The van der Waals surface area contributed by atoms with Crippen LogP contribution in [0.3, 0.4) is 0 Å². The number of nitrogens with zero attached hydrogens (tertiary/aromatic N) is 1. The van der Waals surface area contributed by atoms with Crippen LogP contribution in [0.25, 0.3) is 0 Å². The number of halogens is 1. The summed E-state index contributed by atoms with van der Waals surface area (Å²) in [6, 6.07) is 16.7. The second kappa shape index (κ2) is 8.72. The van der Waals surface area contributed by atoms with Crippen LogP contribution < -0.4 is 10.6 Å². The summed E-state index contributed by atoms with van der Waals surface area (Å²) in [7, 11) is 0. The van der Waals surface area contributed by atoms with Crippen molar-refractivity contribution < 1.29 is 9.59 Å². The fourth-order valence-corrected chi connectivity index (χ4v) is 3.14. The van der Waals surface area contributed by atoms with Gasteiger partial charge < -0.3 is 15.5 Å². The Kier molecular flexibility index (Phi) is 6.12. The van der Waals surface area contributed by atoms with Crippen molar-refractivity contribution in [3.8, 4) is 0 Å². The Labute approximate surface area is 158 Å². The average Bonchev–Trinajstić information content (AvgIpc) is 2.65. The van der Waals surface area contributed by atoms with Crippen molar-refractivity contribution in [2.75, 3.05) is 18.4 Å². The number of carbonyl (C=O) groups excluding carboxylic acids is 2. The van der Waals surface area contributed by atoms with Crippen LogP contribution in [0.2, 0.25) is 5.02 Å². The lowest BCUT2D eigenvalue weighted by molar-refractivity contribution is -0.121. The maximum atomic E-state index is 12.3. The number of nitrogens with one attached hydrogen (secondary N) is 2. The Morgan fingerprint density at radius 3 is 2.31 bits per heavy atom. The van der Waals surface area contributed by atoms with Gasteiger partial charge in [0.05, 0.1) is 6.42 Å². The van der Waals surface area contributed by atoms with E-state index in [0.29, 0.717) is 24.5 Å². The van der Waals surface area contributed by atoms with Crippen LogP contribution >= 0.6 is 11.6 Å². The molecule has 1 aliphatic rings. The summed E-state index contributed by atoms with van der Waals surface area (Å²) in [4.78, 5) is 26.3. The van der Waals surface area contributed by atoms with Gasteiger partial charge in [0.2, 0.25) is 5.91 Å². The molecule has 2 N–H and O–H groups in total. The summed E-state index contributed by atoms with van der Waals surface area (Å²) in [5.74, 6) is -0.000454. The number of hydrogen-bond acceptors (Lipinski definition) is 2. The van der Waals surface area contributed by atoms with Gasteiger partial charge in [-0.15, -0.1) is 0 Å². The fourth-order valence-electron chi connectivity index (χ4n) is 3.02. The molecule has 0 bridgehead atoms. The lowest BCUT2D eigenvalue weighted by Crippen LogP contribution is -2.48. The summed E-state index contributed by atoms with van der Waals surface area (Å²) >= 11 is 5.86. The molecule has 26 heavy (non-hydrogen) atoms. The predicted molar refractivity (Wildman–Crippen MR) is 103 cm³/mol. The summed E-state index contributed by atoms with van der Waals surface area (Å²) < 4.78 is 0. The first-order valence-corrected chi connectivity index (χ1v) is 9.13. The third-order valence-electron chi connectivity index (χ3n) is 4.45. The lowest BCUT2D eigenvalue weighted by Gasteiger charge is -2.32. The number of piperidine rings is 1. The molecule has 6 heteroatoms. The van der Waals surface area contributed by atoms with Gasteiger partial charge in [0.25, 0.3) is 0 Å². The van der Waals surface area contributed by atoms with Gasteiger partial charge in [0, 0.05) is 29.8 Å². The minimum absolute atomic E-state index is 0.000454. The van der Waals surface area contributed by atoms with Crippen molar-refractivity contribution in [3.63, 3.8) is 0 Å². The first-order valence-electron chi connectivity index (χ1n) is 8.75. The Hall–Kier alpha value is -2.53. The van der Waals surface area contributed by atoms with Crippen LogP contribution in [-0.2, 0) is 11.2 Å². The Bertz CT molecular complexity index is 741. The molecular formula is C20H22ClN3O2. The van der Waals surface area contributed by atoms with E-state index in [0.717, 1.165) is 24.1 Å². The number of anilines is 1. The minimum atomic E-state index is -0.0952. The largest absolute Gasteiger partial charge is 0.353 e. The fraction of sp³-hybridized carbons (Fsp3) is 0.300. The normalized spacial score (nSPS) is 14.7. The molecule has 1 fully saturated rings. The molecule has 2 aromatic rings. The molecular weight excluding hydrogens is 350 g/mol. The van der Waals surface area contributed by atoms with Crippen molar-refractivity contribution in [2.24, 2.45) is 0 Å². The van der Waals surface area contributed by atoms with Crippen LogP contribution in [-0.4, -0.2) is 36.0 Å². The second-order valence-corrected chi connectivity index (χ2v) is 6.86. The zero-order chi connectivity index (χ0) is 18.4. The number of hydrogen-bond donors (Lipinski definition) is 2. The second-order valence-electron chi connectivity index (χ2n) is 6.43. The lowest BCUT2D eigenvalue weighted by atomic mass is 10.0. The molecule has 2 aromatic carbocycles. The van der Waals surface area contributed by atoms with E-state index in [2.05, 4.69) is 10.6 Å². The van der Waals surface area contributed by atoms with Gasteiger partial charge in [-0.05, 0) is 42.7 Å². The SMILES string of the molecule is O=C(Cc1ccc(Cl)cc1)NC1CCN(C(=O)Nc2ccccc2)CC1. The van der Waals surface area contributed by atoms with E-state index in [1.165, 1.54) is 0 Å². The van der Waals surface area contributed by atoms with Crippen molar-refractivity contribution in [2.45, 2.75) is 25.3 Å². The van der Waals surface area contributed by atoms with Gasteiger partial charge in [-0.3, -0.25) is 4.79 Å². The molecule has 0 atom stereocenters. The number of para-hydroxylation sites is 1. The topological polar surface area (TPSA) is 61.4 Å². The molecule has 1 saturated heterocycles. The van der Waals surface area contributed by atoms with Gasteiger partial charge >= 0.3 is 6.03 Å². The number of likely N-dealkylation sites (tertiary alicyclic amines) is 1. The van der Waals surface area contributed by atoms with Crippen molar-refractivity contribution in [3.05, 3.63) is 65.2 Å². The minimum Gasteiger partial charge on any atom is -0.353 e.